The molecule has 6 heteroatoms. The lowest BCUT2D eigenvalue weighted by Crippen LogP contribution is -2.14. The first-order chi connectivity index (χ1) is 9.61. The molecular formula is C14H17N3S3. The minimum atomic E-state index is 0.430. The third-order valence-corrected chi connectivity index (χ3v) is 4.78. The molecule has 0 aliphatic carbocycles. The highest BCUT2D eigenvalue weighted by atomic mass is 32.2. The predicted molar refractivity (Wildman–Crippen MR) is 92.9 cm³/mol. The maximum atomic E-state index is 5.88. The summed E-state index contributed by atoms with van der Waals surface area (Å²) in [7, 11) is 0. The Balaban J connectivity index is 2.22. The fraction of sp³-hybridized carbons (Fsp3) is 0.286. The minimum Gasteiger partial charge on any atom is -0.389 e. The van der Waals surface area contributed by atoms with Gasteiger partial charge in [0.15, 0.2) is 0 Å². The number of nitrogens with zero attached hydrogens (tertiary/aromatic N) is 1. The normalized spacial score (nSPS) is 10.5. The van der Waals surface area contributed by atoms with E-state index in [9.17, 15) is 0 Å². The van der Waals surface area contributed by atoms with Gasteiger partial charge in [0.1, 0.15) is 10.00 Å². The molecular weight excluding hydrogens is 306 g/mol. The smallest absolute Gasteiger partial charge is 0.112 e. The van der Waals surface area contributed by atoms with Crippen LogP contribution in [0, 0.1) is 6.92 Å². The van der Waals surface area contributed by atoms with Gasteiger partial charge in [0.2, 0.25) is 0 Å². The Bertz CT molecular complexity index is 607. The summed E-state index contributed by atoms with van der Waals surface area (Å²) in [5.41, 5.74) is 8.85. The van der Waals surface area contributed by atoms with Gasteiger partial charge in [-0.3, -0.25) is 0 Å². The van der Waals surface area contributed by atoms with Crippen LogP contribution in [-0.2, 0) is 6.54 Å². The van der Waals surface area contributed by atoms with Gasteiger partial charge in [-0.05, 0) is 24.8 Å². The SMILES string of the molecule is CCSc1cccc(NCc2nc(C)cs2)c1C(N)=S. The fourth-order valence-corrected chi connectivity index (χ4v) is 3.71. The van der Waals surface area contributed by atoms with Crippen LogP contribution in [0.2, 0.25) is 0 Å². The number of aryl methyl sites for hydroxylation is 1. The lowest BCUT2D eigenvalue weighted by molar-refractivity contribution is 1.07. The number of thiocarbonyl (C=S) groups is 1. The monoisotopic (exact) mass is 323 g/mol. The molecule has 3 N–H and O–H groups in total. The van der Waals surface area contributed by atoms with Gasteiger partial charge in [-0.25, -0.2) is 4.98 Å². The van der Waals surface area contributed by atoms with Crippen LogP contribution in [0.25, 0.3) is 0 Å². The van der Waals surface area contributed by atoms with Crippen LogP contribution >= 0.6 is 35.3 Å². The van der Waals surface area contributed by atoms with Crippen molar-refractivity contribution in [2.45, 2.75) is 25.3 Å². The third kappa shape index (κ3) is 3.71. The molecule has 0 saturated carbocycles. The van der Waals surface area contributed by atoms with Crippen molar-refractivity contribution in [3.63, 3.8) is 0 Å². The van der Waals surface area contributed by atoms with Crippen LogP contribution in [0.5, 0.6) is 0 Å². The lowest BCUT2D eigenvalue weighted by Gasteiger charge is -2.14. The second kappa shape index (κ2) is 7.06. The molecule has 2 rings (SSSR count). The quantitative estimate of drug-likeness (QED) is 0.625. The zero-order valence-electron chi connectivity index (χ0n) is 11.5. The molecule has 0 fully saturated rings. The van der Waals surface area contributed by atoms with Gasteiger partial charge < -0.3 is 11.1 Å². The van der Waals surface area contributed by atoms with E-state index in [1.165, 1.54) is 0 Å². The van der Waals surface area contributed by atoms with E-state index in [4.69, 9.17) is 18.0 Å². The molecule has 0 spiro atoms. The molecule has 0 radical (unpaired) electrons. The molecule has 0 amide bonds. The number of nitrogens with one attached hydrogen (secondary N) is 1. The van der Waals surface area contributed by atoms with Gasteiger partial charge in [0.05, 0.1) is 6.54 Å². The molecule has 1 aromatic carbocycles. The fourth-order valence-electron chi connectivity index (χ4n) is 1.86. The lowest BCUT2D eigenvalue weighted by atomic mass is 10.1. The number of rotatable bonds is 6. The zero-order chi connectivity index (χ0) is 14.5. The highest BCUT2D eigenvalue weighted by molar-refractivity contribution is 7.99. The summed E-state index contributed by atoms with van der Waals surface area (Å²) in [6.45, 7) is 4.81. The van der Waals surface area contributed by atoms with Crippen LogP contribution in [0.1, 0.15) is 23.2 Å². The summed E-state index contributed by atoms with van der Waals surface area (Å²) < 4.78 is 0. The molecule has 0 unspecified atom stereocenters. The zero-order valence-corrected chi connectivity index (χ0v) is 13.9. The van der Waals surface area contributed by atoms with Crippen molar-refractivity contribution in [2.75, 3.05) is 11.1 Å². The third-order valence-electron chi connectivity index (χ3n) is 2.67. The Hall–Kier alpha value is -1.11. The largest absolute Gasteiger partial charge is 0.389 e. The summed E-state index contributed by atoms with van der Waals surface area (Å²) in [5.74, 6) is 0.991. The first-order valence-electron chi connectivity index (χ1n) is 6.32. The van der Waals surface area contributed by atoms with E-state index in [1.54, 1.807) is 23.1 Å². The van der Waals surface area contributed by atoms with Crippen molar-refractivity contribution in [1.29, 1.82) is 0 Å². The van der Waals surface area contributed by atoms with Crippen molar-refractivity contribution in [1.82, 2.24) is 4.98 Å². The van der Waals surface area contributed by atoms with Crippen LogP contribution < -0.4 is 11.1 Å². The van der Waals surface area contributed by atoms with Crippen LogP contribution in [0.15, 0.2) is 28.5 Å². The summed E-state index contributed by atoms with van der Waals surface area (Å²) in [6, 6.07) is 6.09. The minimum absolute atomic E-state index is 0.430. The second-order valence-electron chi connectivity index (χ2n) is 4.21. The Morgan fingerprint density at radius 3 is 2.90 bits per heavy atom. The van der Waals surface area contributed by atoms with Crippen molar-refractivity contribution in [3.8, 4) is 0 Å². The number of aromatic nitrogens is 1. The van der Waals surface area contributed by atoms with Gasteiger partial charge in [-0.1, -0.05) is 25.2 Å². The highest BCUT2D eigenvalue weighted by Crippen LogP contribution is 2.29. The molecule has 106 valence electrons. The molecule has 1 aromatic heterocycles. The molecule has 2 aromatic rings. The summed E-state index contributed by atoms with van der Waals surface area (Å²) in [5, 5.41) is 6.50. The topological polar surface area (TPSA) is 50.9 Å². The van der Waals surface area contributed by atoms with Crippen molar-refractivity contribution in [2.24, 2.45) is 5.73 Å². The van der Waals surface area contributed by atoms with E-state index >= 15 is 0 Å². The Kier molecular flexibility index (Phi) is 5.39. The number of anilines is 1. The standard InChI is InChI=1S/C14H17N3S3/c1-3-19-11-6-4-5-10(13(11)14(15)18)16-7-12-17-9(2)8-20-12/h4-6,8,16H,3,7H2,1-2H3,(H2,15,18). The van der Waals surface area contributed by atoms with E-state index in [0.717, 1.165) is 32.6 Å². The Labute approximate surface area is 133 Å². The second-order valence-corrected chi connectivity index (χ2v) is 6.90. The van der Waals surface area contributed by atoms with Gasteiger partial charge in [-0.2, -0.15) is 0 Å². The average molecular weight is 324 g/mol. The highest BCUT2D eigenvalue weighted by Gasteiger charge is 2.11. The van der Waals surface area contributed by atoms with E-state index < -0.39 is 0 Å². The van der Waals surface area contributed by atoms with Crippen molar-refractivity contribution in [3.05, 3.63) is 39.8 Å². The van der Waals surface area contributed by atoms with E-state index in [-0.39, 0.29) is 0 Å². The van der Waals surface area contributed by atoms with E-state index in [2.05, 4.69) is 28.7 Å². The molecule has 1 heterocycles. The molecule has 20 heavy (non-hydrogen) atoms. The molecule has 0 aliphatic rings. The van der Waals surface area contributed by atoms with Crippen LogP contribution in [0.3, 0.4) is 0 Å². The molecule has 0 saturated heterocycles. The van der Waals surface area contributed by atoms with Gasteiger partial charge in [0.25, 0.3) is 0 Å². The molecule has 3 nitrogen and oxygen atoms in total. The van der Waals surface area contributed by atoms with Gasteiger partial charge >= 0.3 is 0 Å². The van der Waals surface area contributed by atoms with E-state index in [1.807, 2.05) is 19.1 Å². The number of benzene rings is 1. The molecule has 0 atom stereocenters. The Morgan fingerprint density at radius 1 is 1.50 bits per heavy atom. The van der Waals surface area contributed by atoms with Crippen molar-refractivity contribution >= 4 is 46.0 Å². The van der Waals surface area contributed by atoms with Crippen LogP contribution in [0.4, 0.5) is 5.69 Å². The Morgan fingerprint density at radius 2 is 2.30 bits per heavy atom. The summed E-state index contributed by atoms with van der Waals surface area (Å²) >= 11 is 8.60. The number of thiazole rings is 1. The number of nitrogens with two attached hydrogens (primary N) is 1. The van der Waals surface area contributed by atoms with Gasteiger partial charge in [0, 0.05) is 27.2 Å². The summed E-state index contributed by atoms with van der Waals surface area (Å²) in [4.78, 5) is 6.00. The maximum Gasteiger partial charge on any atom is 0.112 e. The summed E-state index contributed by atoms with van der Waals surface area (Å²) in [6.07, 6.45) is 0. The average Bonchev–Trinajstić information content (AvgIpc) is 2.82. The first-order valence-corrected chi connectivity index (χ1v) is 8.59. The van der Waals surface area contributed by atoms with Crippen molar-refractivity contribution < 1.29 is 0 Å². The van der Waals surface area contributed by atoms with Crippen LogP contribution in [-0.4, -0.2) is 15.7 Å². The van der Waals surface area contributed by atoms with E-state index in [0.29, 0.717) is 11.5 Å². The molecule has 0 aliphatic heterocycles. The molecule has 0 bridgehead atoms. The predicted octanol–water partition coefficient (Wildman–Crippen LogP) is 3.81. The first kappa shape index (κ1) is 15.3. The number of thioether (sulfide) groups is 1. The number of hydrogen-bond donors (Lipinski definition) is 2. The number of hydrogen-bond acceptors (Lipinski definition) is 5. The van der Waals surface area contributed by atoms with Gasteiger partial charge in [-0.15, -0.1) is 23.1 Å². The maximum absolute atomic E-state index is 5.88.